The molecule has 0 aliphatic carbocycles. The van der Waals surface area contributed by atoms with Gasteiger partial charge in [-0.1, -0.05) is 12.1 Å². The van der Waals surface area contributed by atoms with Crippen LogP contribution in [0.3, 0.4) is 0 Å². The summed E-state index contributed by atoms with van der Waals surface area (Å²) in [5, 5.41) is 4.97. The van der Waals surface area contributed by atoms with Gasteiger partial charge in [-0.05, 0) is 24.6 Å². The summed E-state index contributed by atoms with van der Waals surface area (Å²) in [6.45, 7) is 1.53. The van der Waals surface area contributed by atoms with E-state index in [0.717, 1.165) is 12.1 Å². The number of benzene rings is 1. The van der Waals surface area contributed by atoms with Crippen molar-refractivity contribution in [2.24, 2.45) is 0 Å². The molecule has 1 aromatic rings. The molecule has 1 aliphatic heterocycles. The second-order valence-electron chi connectivity index (χ2n) is 4.68. The van der Waals surface area contributed by atoms with Crippen molar-refractivity contribution in [2.75, 3.05) is 7.11 Å². The molecule has 1 heterocycles. The SMILES string of the molecule is COC(=O)C1=C(C)NC(=O)N[C@@H]1c1ccc(OC(F)(F)F)cc1. The molecule has 1 aliphatic rings. The van der Waals surface area contributed by atoms with Gasteiger partial charge in [0.1, 0.15) is 5.75 Å². The van der Waals surface area contributed by atoms with Gasteiger partial charge < -0.3 is 20.1 Å². The van der Waals surface area contributed by atoms with Crippen LogP contribution in [0.25, 0.3) is 0 Å². The molecule has 2 rings (SSSR count). The quantitative estimate of drug-likeness (QED) is 0.835. The van der Waals surface area contributed by atoms with Crippen LogP contribution in [0.1, 0.15) is 18.5 Å². The lowest BCUT2D eigenvalue weighted by Crippen LogP contribution is -2.45. The van der Waals surface area contributed by atoms with E-state index in [1.165, 1.54) is 26.2 Å². The van der Waals surface area contributed by atoms with Crippen LogP contribution in [0.2, 0.25) is 0 Å². The zero-order chi connectivity index (χ0) is 17.2. The maximum absolute atomic E-state index is 12.2. The van der Waals surface area contributed by atoms with Crippen molar-refractivity contribution in [3.63, 3.8) is 0 Å². The Kier molecular flexibility index (Phi) is 4.48. The maximum atomic E-state index is 12.2. The topological polar surface area (TPSA) is 76.7 Å². The number of ether oxygens (including phenoxy) is 2. The molecule has 0 radical (unpaired) electrons. The molecular formula is C14H13F3N2O4. The summed E-state index contributed by atoms with van der Waals surface area (Å²) in [7, 11) is 1.19. The van der Waals surface area contributed by atoms with Gasteiger partial charge in [0, 0.05) is 5.70 Å². The van der Waals surface area contributed by atoms with Crippen molar-refractivity contribution >= 4 is 12.0 Å². The Morgan fingerprint density at radius 2 is 1.83 bits per heavy atom. The Bertz CT molecular complexity index is 653. The summed E-state index contributed by atoms with van der Waals surface area (Å²) in [6, 6.07) is 3.48. The largest absolute Gasteiger partial charge is 0.573 e. The Hall–Kier alpha value is -2.71. The van der Waals surface area contributed by atoms with Crippen molar-refractivity contribution in [1.29, 1.82) is 0 Å². The van der Waals surface area contributed by atoms with E-state index in [2.05, 4.69) is 20.1 Å². The van der Waals surface area contributed by atoms with Gasteiger partial charge in [0.2, 0.25) is 0 Å². The number of esters is 1. The van der Waals surface area contributed by atoms with E-state index in [0.29, 0.717) is 11.3 Å². The number of allylic oxidation sites excluding steroid dienone is 1. The van der Waals surface area contributed by atoms with Crippen LogP contribution in [0.15, 0.2) is 35.5 Å². The number of urea groups is 1. The molecule has 9 heteroatoms. The molecular weight excluding hydrogens is 317 g/mol. The minimum Gasteiger partial charge on any atom is -0.466 e. The van der Waals surface area contributed by atoms with E-state index in [1.54, 1.807) is 0 Å². The predicted octanol–water partition coefficient (Wildman–Crippen LogP) is 2.39. The lowest BCUT2D eigenvalue weighted by Gasteiger charge is -2.27. The number of halogens is 3. The number of nitrogens with one attached hydrogen (secondary N) is 2. The van der Waals surface area contributed by atoms with E-state index in [4.69, 9.17) is 0 Å². The van der Waals surface area contributed by atoms with Crippen molar-refractivity contribution in [1.82, 2.24) is 10.6 Å². The van der Waals surface area contributed by atoms with Gasteiger partial charge in [0.25, 0.3) is 0 Å². The highest BCUT2D eigenvalue weighted by molar-refractivity contribution is 5.94. The number of carbonyl (C=O) groups is 2. The zero-order valence-electron chi connectivity index (χ0n) is 12.2. The Labute approximate surface area is 129 Å². The second kappa shape index (κ2) is 6.19. The maximum Gasteiger partial charge on any atom is 0.573 e. The number of hydrogen-bond acceptors (Lipinski definition) is 4. The standard InChI is InChI=1S/C14H13F3N2O4/c1-7-10(12(20)22-2)11(19-13(21)18-7)8-3-5-9(6-4-8)23-14(15,16)17/h3-6,11H,1-2H3,(H2,18,19,21)/t11-/m1/s1. The van der Waals surface area contributed by atoms with Crippen molar-refractivity contribution < 1.29 is 32.2 Å². The van der Waals surface area contributed by atoms with Gasteiger partial charge in [0.15, 0.2) is 0 Å². The fourth-order valence-electron chi connectivity index (χ4n) is 2.19. The van der Waals surface area contributed by atoms with Gasteiger partial charge in [0.05, 0.1) is 18.7 Å². The molecule has 2 N–H and O–H groups in total. The van der Waals surface area contributed by atoms with Gasteiger partial charge in [-0.15, -0.1) is 13.2 Å². The third-order valence-corrected chi connectivity index (χ3v) is 3.12. The Balaban J connectivity index is 2.33. The summed E-state index contributed by atoms with van der Waals surface area (Å²) in [4.78, 5) is 23.5. The molecule has 6 nitrogen and oxygen atoms in total. The summed E-state index contributed by atoms with van der Waals surface area (Å²) in [5.41, 5.74) is 0.881. The van der Waals surface area contributed by atoms with E-state index in [1.807, 2.05) is 0 Å². The first-order valence-electron chi connectivity index (χ1n) is 6.43. The monoisotopic (exact) mass is 330 g/mol. The molecule has 1 atom stereocenters. The minimum absolute atomic E-state index is 0.164. The summed E-state index contributed by atoms with van der Waals surface area (Å²) >= 11 is 0. The van der Waals surface area contributed by atoms with Crippen LogP contribution in [0.5, 0.6) is 5.75 Å². The second-order valence-corrected chi connectivity index (χ2v) is 4.68. The number of rotatable bonds is 3. The van der Waals surface area contributed by atoms with Gasteiger partial charge in [-0.3, -0.25) is 0 Å². The van der Waals surface area contributed by atoms with Crippen LogP contribution in [0.4, 0.5) is 18.0 Å². The lowest BCUT2D eigenvalue weighted by molar-refractivity contribution is -0.274. The van der Waals surface area contributed by atoms with Crippen molar-refractivity contribution in [3.05, 3.63) is 41.1 Å². The molecule has 0 aromatic heterocycles. The van der Waals surface area contributed by atoms with Gasteiger partial charge in [-0.25, -0.2) is 9.59 Å². The van der Waals surface area contributed by atoms with E-state index < -0.39 is 30.2 Å². The molecule has 1 aromatic carbocycles. The lowest BCUT2D eigenvalue weighted by atomic mass is 9.95. The van der Waals surface area contributed by atoms with E-state index in [-0.39, 0.29) is 5.57 Å². The molecule has 0 saturated heterocycles. The average Bonchev–Trinajstić information content (AvgIpc) is 2.45. The molecule has 0 saturated carbocycles. The van der Waals surface area contributed by atoms with Crippen molar-refractivity contribution in [3.8, 4) is 5.75 Å². The molecule has 0 fully saturated rings. The van der Waals surface area contributed by atoms with Crippen LogP contribution in [0, 0.1) is 0 Å². The van der Waals surface area contributed by atoms with Gasteiger partial charge in [-0.2, -0.15) is 0 Å². The Morgan fingerprint density at radius 3 is 2.35 bits per heavy atom. The normalized spacial score (nSPS) is 18.1. The minimum atomic E-state index is -4.79. The molecule has 2 amide bonds. The van der Waals surface area contributed by atoms with Crippen LogP contribution >= 0.6 is 0 Å². The fraction of sp³-hybridized carbons (Fsp3) is 0.286. The predicted molar refractivity (Wildman–Crippen MR) is 72.2 cm³/mol. The highest BCUT2D eigenvalue weighted by Gasteiger charge is 2.33. The molecule has 124 valence electrons. The molecule has 0 spiro atoms. The summed E-state index contributed by atoms with van der Waals surface area (Å²) in [5.74, 6) is -1.06. The highest BCUT2D eigenvalue weighted by Crippen LogP contribution is 2.30. The van der Waals surface area contributed by atoms with Crippen molar-refractivity contribution in [2.45, 2.75) is 19.3 Å². The molecule has 0 unspecified atom stereocenters. The van der Waals surface area contributed by atoms with Crippen LogP contribution in [-0.4, -0.2) is 25.5 Å². The van der Waals surface area contributed by atoms with Crippen LogP contribution < -0.4 is 15.4 Å². The first kappa shape index (κ1) is 16.7. The first-order chi connectivity index (χ1) is 10.7. The average molecular weight is 330 g/mol. The van der Waals surface area contributed by atoms with E-state index >= 15 is 0 Å². The fourth-order valence-corrected chi connectivity index (χ4v) is 2.19. The number of alkyl halides is 3. The summed E-state index contributed by atoms with van der Waals surface area (Å²) < 4.78 is 44.9. The number of carbonyl (C=O) groups excluding carboxylic acids is 2. The number of methoxy groups -OCH3 is 1. The van der Waals surface area contributed by atoms with Gasteiger partial charge >= 0.3 is 18.4 Å². The first-order valence-corrected chi connectivity index (χ1v) is 6.43. The molecule has 0 bridgehead atoms. The number of amides is 2. The third kappa shape index (κ3) is 3.93. The van der Waals surface area contributed by atoms with E-state index in [9.17, 15) is 22.8 Å². The molecule has 23 heavy (non-hydrogen) atoms. The highest BCUT2D eigenvalue weighted by atomic mass is 19.4. The number of hydrogen-bond donors (Lipinski definition) is 2. The van der Waals surface area contributed by atoms with Crippen LogP contribution in [-0.2, 0) is 9.53 Å². The third-order valence-electron chi connectivity index (χ3n) is 3.12. The zero-order valence-corrected chi connectivity index (χ0v) is 12.2. The summed E-state index contributed by atoms with van der Waals surface area (Å²) in [6.07, 6.45) is -4.79. The Morgan fingerprint density at radius 1 is 1.22 bits per heavy atom. The smallest absolute Gasteiger partial charge is 0.466 e.